The Morgan fingerprint density at radius 3 is 2.36 bits per heavy atom. The Morgan fingerprint density at radius 1 is 1.00 bits per heavy atom. The van der Waals surface area contributed by atoms with Crippen LogP contribution in [0.2, 0.25) is 15.1 Å². The highest BCUT2D eigenvalue weighted by Gasteiger charge is 2.26. The van der Waals surface area contributed by atoms with Crippen LogP contribution in [0.5, 0.6) is 0 Å². The van der Waals surface area contributed by atoms with Gasteiger partial charge in [-0.25, -0.2) is 0 Å². The number of nitrogens with zero attached hydrogens (tertiary/aromatic N) is 1. The summed E-state index contributed by atoms with van der Waals surface area (Å²) >= 11 is 17.8. The van der Waals surface area contributed by atoms with Gasteiger partial charge in [0.15, 0.2) is 0 Å². The average Bonchev–Trinajstić information content (AvgIpc) is 2.55. The summed E-state index contributed by atoms with van der Waals surface area (Å²) in [5.41, 5.74) is 0.558. The first-order valence-corrected chi connectivity index (χ1v) is 8.06. The van der Waals surface area contributed by atoms with Crippen LogP contribution >= 0.6 is 34.8 Å². The number of benzene rings is 2. The van der Waals surface area contributed by atoms with E-state index in [1.807, 2.05) is 0 Å². The molecule has 0 spiro atoms. The third-order valence-electron chi connectivity index (χ3n) is 3.49. The first kappa shape index (κ1) is 17.3. The van der Waals surface area contributed by atoms with E-state index in [2.05, 4.69) is 10.6 Å². The molecule has 0 radical (unpaired) electrons. The lowest BCUT2D eigenvalue weighted by molar-refractivity contribution is 0.0963. The second-order valence-electron chi connectivity index (χ2n) is 5.08. The number of carbonyl (C=O) groups excluding carboxylic acids is 2. The number of halogens is 3. The van der Waals surface area contributed by atoms with E-state index in [-0.39, 0.29) is 22.0 Å². The molecule has 25 heavy (non-hydrogen) atoms. The Bertz CT molecular complexity index is 993. The van der Waals surface area contributed by atoms with Crippen molar-refractivity contribution in [1.29, 1.82) is 5.26 Å². The van der Waals surface area contributed by atoms with Gasteiger partial charge in [-0.1, -0.05) is 34.8 Å². The Hall–Kier alpha value is -2.52. The number of allylic oxidation sites excluding steroid dienone is 1. The highest BCUT2D eigenvalue weighted by molar-refractivity contribution is 6.37. The van der Waals surface area contributed by atoms with Crippen LogP contribution < -0.4 is 10.6 Å². The van der Waals surface area contributed by atoms with E-state index >= 15 is 0 Å². The summed E-state index contributed by atoms with van der Waals surface area (Å²) in [6.45, 7) is 0. The van der Waals surface area contributed by atoms with Crippen molar-refractivity contribution in [2.45, 2.75) is 0 Å². The van der Waals surface area contributed by atoms with Crippen LogP contribution in [0.3, 0.4) is 0 Å². The molecule has 8 heteroatoms. The zero-order valence-corrected chi connectivity index (χ0v) is 14.6. The van der Waals surface area contributed by atoms with E-state index in [9.17, 15) is 14.9 Å². The van der Waals surface area contributed by atoms with Gasteiger partial charge in [-0.2, -0.15) is 5.26 Å². The van der Waals surface area contributed by atoms with E-state index in [0.29, 0.717) is 21.3 Å². The minimum absolute atomic E-state index is 0.0294. The van der Waals surface area contributed by atoms with Crippen molar-refractivity contribution in [1.82, 2.24) is 5.32 Å². The molecule has 5 nitrogen and oxygen atoms in total. The van der Waals surface area contributed by atoms with Crippen LogP contribution in [-0.4, -0.2) is 11.7 Å². The molecule has 0 fully saturated rings. The lowest BCUT2D eigenvalue weighted by Gasteiger charge is -2.22. The van der Waals surface area contributed by atoms with Gasteiger partial charge in [0.05, 0.1) is 16.3 Å². The van der Waals surface area contributed by atoms with Crippen LogP contribution in [0.4, 0.5) is 5.69 Å². The standard InChI is InChI=1S/C17H8Cl3N3O2/c18-8-1-3-10(13(20)5-8)15(24)12(7-21)16-22-14-6-9(19)2-4-11(14)17(25)23-16/h1-6,22H,(H,23,25)/b16-12+. The van der Waals surface area contributed by atoms with Crippen molar-refractivity contribution in [2.24, 2.45) is 0 Å². The van der Waals surface area contributed by atoms with Gasteiger partial charge in [0.2, 0.25) is 5.78 Å². The zero-order valence-electron chi connectivity index (χ0n) is 12.4. The predicted octanol–water partition coefficient (Wildman–Crippen LogP) is 4.42. The predicted molar refractivity (Wildman–Crippen MR) is 96.0 cm³/mol. The number of nitrogens with one attached hydrogen (secondary N) is 2. The van der Waals surface area contributed by atoms with Gasteiger partial charge in [0.1, 0.15) is 17.5 Å². The first-order valence-electron chi connectivity index (χ1n) is 6.92. The second-order valence-corrected chi connectivity index (χ2v) is 6.36. The van der Waals surface area contributed by atoms with Crippen molar-refractivity contribution in [2.75, 3.05) is 5.32 Å². The van der Waals surface area contributed by atoms with Gasteiger partial charge < -0.3 is 10.6 Å². The molecule has 0 aromatic heterocycles. The highest BCUT2D eigenvalue weighted by atomic mass is 35.5. The van der Waals surface area contributed by atoms with E-state index in [1.54, 1.807) is 18.2 Å². The smallest absolute Gasteiger partial charge is 0.258 e. The summed E-state index contributed by atoms with van der Waals surface area (Å²) in [6.07, 6.45) is 0. The van der Waals surface area contributed by atoms with Gasteiger partial charge in [-0.3, -0.25) is 9.59 Å². The molecule has 2 aromatic carbocycles. The molecule has 0 saturated carbocycles. The fourth-order valence-electron chi connectivity index (χ4n) is 2.32. The number of ketones is 1. The normalized spacial score (nSPS) is 14.7. The number of hydrogen-bond acceptors (Lipinski definition) is 4. The van der Waals surface area contributed by atoms with Crippen LogP contribution in [0.1, 0.15) is 20.7 Å². The van der Waals surface area contributed by atoms with Crippen molar-refractivity contribution < 1.29 is 9.59 Å². The summed E-state index contributed by atoms with van der Waals surface area (Å²) in [4.78, 5) is 24.9. The summed E-state index contributed by atoms with van der Waals surface area (Å²) < 4.78 is 0. The van der Waals surface area contributed by atoms with Gasteiger partial charge in [0.25, 0.3) is 5.91 Å². The lowest BCUT2D eigenvalue weighted by Crippen LogP contribution is -2.35. The largest absolute Gasteiger partial charge is 0.340 e. The topological polar surface area (TPSA) is 82.0 Å². The number of nitriles is 1. The third kappa shape index (κ3) is 3.33. The molecule has 0 atom stereocenters. The minimum Gasteiger partial charge on any atom is -0.340 e. The Morgan fingerprint density at radius 2 is 1.68 bits per heavy atom. The average molecular weight is 393 g/mol. The van der Waals surface area contributed by atoms with Crippen LogP contribution in [0, 0.1) is 11.3 Å². The van der Waals surface area contributed by atoms with E-state index in [0.717, 1.165) is 0 Å². The number of hydrogen-bond donors (Lipinski definition) is 2. The number of Topliss-reactive ketones (excluding diaryl/α,β-unsaturated/α-hetero) is 1. The summed E-state index contributed by atoms with van der Waals surface area (Å²) in [5.74, 6) is -1.13. The Kier molecular flexibility index (Phi) is 4.69. The SMILES string of the molecule is N#C/C(C(=O)c1ccc(Cl)cc1Cl)=C1\NC(=O)c2ccc(Cl)cc2N1. The molecule has 0 unspecified atom stereocenters. The van der Waals surface area contributed by atoms with E-state index in [4.69, 9.17) is 34.8 Å². The molecule has 1 amide bonds. The van der Waals surface area contributed by atoms with Gasteiger partial charge in [-0.15, -0.1) is 0 Å². The van der Waals surface area contributed by atoms with Crippen LogP contribution in [0.15, 0.2) is 47.8 Å². The molecule has 2 N–H and O–H groups in total. The maximum absolute atomic E-state index is 12.7. The molecule has 0 aliphatic carbocycles. The van der Waals surface area contributed by atoms with Gasteiger partial charge in [0, 0.05) is 15.6 Å². The van der Waals surface area contributed by atoms with Crippen molar-refractivity contribution in [3.8, 4) is 6.07 Å². The fourth-order valence-corrected chi connectivity index (χ4v) is 2.98. The molecular formula is C17H8Cl3N3O2. The van der Waals surface area contributed by atoms with Crippen molar-refractivity contribution in [3.63, 3.8) is 0 Å². The zero-order chi connectivity index (χ0) is 18.1. The van der Waals surface area contributed by atoms with Gasteiger partial charge in [-0.05, 0) is 36.4 Å². The number of fused-ring (bicyclic) bond motifs is 1. The van der Waals surface area contributed by atoms with Crippen LogP contribution in [0.25, 0.3) is 0 Å². The Balaban J connectivity index is 2.07. The molecule has 1 heterocycles. The molecule has 2 aromatic rings. The van der Waals surface area contributed by atoms with E-state index < -0.39 is 11.7 Å². The minimum atomic E-state index is -0.641. The first-order chi connectivity index (χ1) is 11.9. The van der Waals surface area contributed by atoms with Crippen molar-refractivity contribution in [3.05, 3.63) is 74.0 Å². The van der Waals surface area contributed by atoms with Crippen molar-refractivity contribution >= 4 is 52.2 Å². The third-order valence-corrected chi connectivity index (χ3v) is 4.27. The highest BCUT2D eigenvalue weighted by Crippen LogP contribution is 2.28. The summed E-state index contributed by atoms with van der Waals surface area (Å²) in [6, 6.07) is 10.8. The maximum Gasteiger partial charge on any atom is 0.258 e. The molecule has 0 saturated heterocycles. The molecule has 124 valence electrons. The second kappa shape index (κ2) is 6.77. The summed E-state index contributed by atoms with van der Waals surface area (Å²) in [7, 11) is 0. The van der Waals surface area contributed by atoms with Crippen LogP contribution in [-0.2, 0) is 0 Å². The van der Waals surface area contributed by atoms with Gasteiger partial charge >= 0.3 is 0 Å². The molecule has 1 aliphatic heterocycles. The molecule has 1 aliphatic rings. The summed E-state index contributed by atoms with van der Waals surface area (Å²) in [5, 5.41) is 15.7. The molecule has 3 rings (SSSR count). The number of carbonyl (C=O) groups is 2. The fraction of sp³-hybridized carbons (Fsp3) is 0. The Labute approximate surface area is 157 Å². The quantitative estimate of drug-likeness (QED) is 0.450. The number of rotatable bonds is 2. The lowest BCUT2D eigenvalue weighted by atomic mass is 10.0. The molecule has 0 bridgehead atoms. The number of amides is 1. The van der Waals surface area contributed by atoms with E-state index in [1.165, 1.54) is 24.3 Å². The number of anilines is 1. The monoisotopic (exact) mass is 391 g/mol. The molecular weight excluding hydrogens is 385 g/mol. The maximum atomic E-state index is 12.7.